The van der Waals surface area contributed by atoms with E-state index in [4.69, 9.17) is 5.73 Å². The lowest BCUT2D eigenvalue weighted by Crippen LogP contribution is -2.42. The molecule has 15 heavy (non-hydrogen) atoms. The van der Waals surface area contributed by atoms with Crippen LogP contribution in [0.3, 0.4) is 0 Å². The number of hydrogen-bond acceptors (Lipinski definition) is 3. The van der Waals surface area contributed by atoms with E-state index in [-0.39, 0.29) is 17.4 Å². The zero-order chi connectivity index (χ0) is 10.9. The summed E-state index contributed by atoms with van der Waals surface area (Å²) in [5.41, 5.74) is 5.81. The van der Waals surface area contributed by atoms with Gasteiger partial charge >= 0.3 is 0 Å². The molecule has 0 aromatic heterocycles. The molecule has 2 aliphatic rings. The first-order chi connectivity index (χ1) is 7.15. The summed E-state index contributed by atoms with van der Waals surface area (Å²) in [5, 5.41) is 9.36. The molecule has 1 saturated heterocycles. The van der Waals surface area contributed by atoms with Crippen LogP contribution in [0.15, 0.2) is 0 Å². The van der Waals surface area contributed by atoms with E-state index in [1.54, 1.807) is 4.90 Å². The van der Waals surface area contributed by atoms with Crippen LogP contribution in [-0.4, -0.2) is 41.7 Å². The fourth-order valence-electron chi connectivity index (χ4n) is 2.53. The van der Waals surface area contributed by atoms with Crippen LogP contribution in [0.2, 0.25) is 0 Å². The third kappa shape index (κ3) is 2.16. The Balaban J connectivity index is 1.86. The van der Waals surface area contributed by atoms with Crippen LogP contribution in [0.5, 0.6) is 0 Å². The van der Waals surface area contributed by atoms with Crippen molar-refractivity contribution in [3.63, 3.8) is 0 Å². The van der Waals surface area contributed by atoms with Gasteiger partial charge in [-0.05, 0) is 31.2 Å². The Morgan fingerprint density at radius 2 is 2.27 bits per heavy atom. The molecule has 1 amide bonds. The lowest BCUT2D eigenvalue weighted by atomic mass is 9.66. The van der Waals surface area contributed by atoms with Gasteiger partial charge in [0.1, 0.15) is 0 Å². The average Bonchev–Trinajstić information content (AvgIpc) is 2.58. The van der Waals surface area contributed by atoms with Crippen molar-refractivity contribution in [1.82, 2.24) is 4.90 Å². The van der Waals surface area contributed by atoms with Crippen LogP contribution in [0.25, 0.3) is 0 Å². The molecular weight excluding hydrogens is 192 g/mol. The predicted octanol–water partition coefficient (Wildman–Crippen LogP) is 0.0987. The van der Waals surface area contributed by atoms with Crippen LogP contribution in [-0.2, 0) is 4.79 Å². The number of carbonyl (C=O) groups excluding carboxylic acids is 1. The second kappa shape index (κ2) is 4.10. The number of rotatable bonds is 3. The maximum absolute atomic E-state index is 11.9. The van der Waals surface area contributed by atoms with E-state index in [1.165, 1.54) is 6.42 Å². The van der Waals surface area contributed by atoms with Gasteiger partial charge in [0, 0.05) is 19.5 Å². The van der Waals surface area contributed by atoms with Gasteiger partial charge in [0.05, 0.1) is 6.10 Å². The summed E-state index contributed by atoms with van der Waals surface area (Å²) in [7, 11) is 0. The van der Waals surface area contributed by atoms with Crippen LogP contribution in [0, 0.1) is 5.41 Å². The van der Waals surface area contributed by atoms with E-state index in [1.807, 2.05) is 0 Å². The van der Waals surface area contributed by atoms with Gasteiger partial charge < -0.3 is 15.7 Å². The monoisotopic (exact) mass is 212 g/mol. The molecule has 0 aromatic rings. The minimum Gasteiger partial charge on any atom is -0.391 e. The molecule has 3 N–H and O–H groups in total. The zero-order valence-electron chi connectivity index (χ0n) is 9.11. The van der Waals surface area contributed by atoms with Crippen molar-refractivity contribution >= 4 is 5.91 Å². The molecule has 0 radical (unpaired) electrons. The molecule has 4 nitrogen and oxygen atoms in total. The first-order valence-electron chi connectivity index (χ1n) is 5.81. The van der Waals surface area contributed by atoms with E-state index in [0.29, 0.717) is 26.1 Å². The van der Waals surface area contributed by atoms with E-state index < -0.39 is 0 Å². The highest BCUT2D eigenvalue weighted by Gasteiger charge is 2.39. The predicted molar refractivity (Wildman–Crippen MR) is 57.2 cm³/mol. The average molecular weight is 212 g/mol. The van der Waals surface area contributed by atoms with E-state index in [9.17, 15) is 9.90 Å². The molecular formula is C11H20N2O2. The lowest BCUT2D eigenvalue weighted by molar-refractivity contribution is -0.134. The number of aliphatic hydroxyl groups is 1. The second-order valence-corrected chi connectivity index (χ2v) is 5.02. The highest BCUT2D eigenvalue weighted by molar-refractivity contribution is 5.77. The Hall–Kier alpha value is -0.610. The number of likely N-dealkylation sites (tertiary alicyclic amines) is 1. The molecule has 2 rings (SSSR count). The van der Waals surface area contributed by atoms with Crippen molar-refractivity contribution in [2.75, 3.05) is 19.6 Å². The van der Waals surface area contributed by atoms with Crippen molar-refractivity contribution in [3.05, 3.63) is 0 Å². The Morgan fingerprint density at radius 3 is 2.67 bits per heavy atom. The standard InChI is InChI=1S/C11H20N2O2/c12-8-11(3-1-4-11)6-10(15)13-5-2-9(14)7-13/h9,14H,1-8,12H2/t9-/m0/s1. The summed E-state index contributed by atoms with van der Waals surface area (Å²) in [5.74, 6) is 0.178. The maximum atomic E-state index is 11.9. The molecule has 0 spiro atoms. The topological polar surface area (TPSA) is 66.6 Å². The van der Waals surface area contributed by atoms with Gasteiger partial charge in [-0.15, -0.1) is 0 Å². The summed E-state index contributed by atoms with van der Waals surface area (Å²) >= 11 is 0. The molecule has 1 atom stereocenters. The number of aliphatic hydroxyl groups excluding tert-OH is 1. The molecule has 0 bridgehead atoms. The summed E-state index contributed by atoms with van der Waals surface area (Å²) < 4.78 is 0. The summed E-state index contributed by atoms with van der Waals surface area (Å²) in [4.78, 5) is 13.7. The number of nitrogens with zero attached hydrogens (tertiary/aromatic N) is 1. The van der Waals surface area contributed by atoms with Crippen molar-refractivity contribution < 1.29 is 9.90 Å². The molecule has 0 aromatic carbocycles. The Bertz CT molecular complexity index is 245. The number of hydrogen-bond donors (Lipinski definition) is 2. The zero-order valence-corrected chi connectivity index (χ0v) is 9.11. The Morgan fingerprint density at radius 1 is 1.53 bits per heavy atom. The number of nitrogens with two attached hydrogens (primary N) is 1. The van der Waals surface area contributed by atoms with E-state index in [2.05, 4.69) is 0 Å². The van der Waals surface area contributed by atoms with Gasteiger partial charge in [-0.1, -0.05) is 6.42 Å². The Kier molecular flexibility index (Phi) is 2.98. The molecule has 0 unspecified atom stereocenters. The van der Waals surface area contributed by atoms with Crippen molar-refractivity contribution in [2.45, 2.75) is 38.2 Å². The smallest absolute Gasteiger partial charge is 0.223 e. The van der Waals surface area contributed by atoms with Crippen molar-refractivity contribution in [2.24, 2.45) is 11.1 Å². The normalized spacial score (nSPS) is 28.9. The van der Waals surface area contributed by atoms with Crippen LogP contribution in [0.4, 0.5) is 0 Å². The van der Waals surface area contributed by atoms with E-state index in [0.717, 1.165) is 19.3 Å². The van der Waals surface area contributed by atoms with Gasteiger partial charge in [-0.2, -0.15) is 0 Å². The van der Waals surface area contributed by atoms with Gasteiger partial charge in [-0.3, -0.25) is 4.79 Å². The van der Waals surface area contributed by atoms with Crippen LogP contribution >= 0.6 is 0 Å². The van der Waals surface area contributed by atoms with Crippen molar-refractivity contribution in [1.29, 1.82) is 0 Å². The molecule has 1 aliphatic carbocycles. The van der Waals surface area contributed by atoms with E-state index >= 15 is 0 Å². The minimum absolute atomic E-state index is 0.0879. The minimum atomic E-state index is -0.316. The fraction of sp³-hybridized carbons (Fsp3) is 0.909. The van der Waals surface area contributed by atoms with Gasteiger partial charge in [0.2, 0.25) is 5.91 Å². The van der Waals surface area contributed by atoms with Crippen LogP contribution < -0.4 is 5.73 Å². The number of β-amino-alcohol motifs (C(OH)–C–C–N with tert-alkyl or cyclic N) is 1. The number of amides is 1. The first-order valence-corrected chi connectivity index (χ1v) is 5.81. The lowest BCUT2D eigenvalue weighted by Gasteiger charge is -2.41. The van der Waals surface area contributed by atoms with Gasteiger partial charge in [0.15, 0.2) is 0 Å². The molecule has 86 valence electrons. The highest BCUT2D eigenvalue weighted by atomic mass is 16.3. The number of carbonyl (C=O) groups is 1. The molecule has 2 fully saturated rings. The first kappa shape index (κ1) is 10.9. The van der Waals surface area contributed by atoms with Gasteiger partial charge in [0.25, 0.3) is 0 Å². The molecule has 1 aliphatic heterocycles. The van der Waals surface area contributed by atoms with Crippen LogP contribution in [0.1, 0.15) is 32.1 Å². The van der Waals surface area contributed by atoms with Gasteiger partial charge in [-0.25, -0.2) is 0 Å². The molecule has 1 heterocycles. The largest absolute Gasteiger partial charge is 0.391 e. The summed E-state index contributed by atoms with van der Waals surface area (Å²) in [6.07, 6.45) is 4.37. The third-order valence-corrected chi connectivity index (χ3v) is 3.89. The summed E-state index contributed by atoms with van der Waals surface area (Å²) in [6, 6.07) is 0. The molecule has 1 saturated carbocycles. The second-order valence-electron chi connectivity index (χ2n) is 5.02. The quantitative estimate of drug-likeness (QED) is 0.697. The SMILES string of the molecule is NCC1(CC(=O)N2CC[C@H](O)C2)CCC1. The Labute approximate surface area is 90.4 Å². The third-order valence-electron chi connectivity index (χ3n) is 3.89. The maximum Gasteiger partial charge on any atom is 0.223 e. The summed E-state index contributed by atoms with van der Waals surface area (Å²) in [6.45, 7) is 1.84. The van der Waals surface area contributed by atoms with Crippen molar-refractivity contribution in [3.8, 4) is 0 Å². The fourth-order valence-corrected chi connectivity index (χ4v) is 2.53. The highest BCUT2D eigenvalue weighted by Crippen LogP contribution is 2.43. The molecule has 4 heteroatoms.